The predicted octanol–water partition coefficient (Wildman–Crippen LogP) is 1.90. The molecule has 23 heavy (non-hydrogen) atoms. The fourth-order valence-electron chi connectivity index (χ4n) is 2.92. The van der Waals surface area contributed by atoms with Gasteiger partial charge in [0, 0.05) is 13.6 Å². The van der Waals surface area contributed by atoms with Crippen LogP contribution in [0, 0.1) is 5.92 Å². The molecule has 3 rings (SSSR count). The van der Waals surface area contributed by atoms with Crippen molar-refractivity contribution < 1.29 is 9.53 Å². The number of para-hydroxylation sites is 1. The largest absolute Gasteiger partial charge is 0.492 e. The number of aromatic nitrogens is 3. The zero-order valence-electron chi connectivity index (χ0n) is 13.6. The van der Waals surface area contributed by atoms with E-state index in [4.69, 9.17) is 4.74 Å². The summed E-state index contributed by atoms with van der Waals surface area (Å²) >= 11 is 0. The average Bonchev–Trinajstić information content (AvgIpc) is 3.01. The van der Waals surface area contributed by atoms with Crippen LogP contribution < -0.4 is 4.74 Å². The summed E-state index contributed by atoms with van der Waals surface area (Å²) in [6, 6.07) is 7.90. The molecule has 0 fully saturated rings. The summed E-state index contributed by atoms with van der Waals surface area (Å²) in [5.41, 5.74) is 1.10. The molecule has 0 N–H and O–H groups in total. The Balaban J connectivity index is 1.65. The molecular formula is C17H22N4O2. The van der Waals surface area contributed by atoms with E-state index in [0.717, 1.165) is 36.5 Å². The Bertz CT molecular complexity index is 683. The molecule has 1 aliphatic heterocycles. The monoisotopic (exact) mass is 314 g/mol. The number of hydrogen-bond donors (Lipinski definition) is 0. The third-order valence-corrected chi connectivity index (χ3v) is 4.14. The van der Waals surface area contributed by atoms with Gasteiger partial charge in [-0.1, -0.05) is 25.1 Å². The van der Waals surface area contributed by atoms with Gasteiger partial charge < -0.3 is 14.2 Å². The molecule has 1 aliphatic rings. The van der Waals surface area contributed by atoms with Gasteiger partial charge in [0.05, 0.1) is 12.5 Å². The van der Waals surface area contributed by atoms with Gasteiger partial charge in [-0.15, -0.1) is 10.2 Å². The van der Waals surface area contributed by atoms with Crippen molar-refractivity contribution in [2.75, 3.05) is 13.7 Å². The summed E-state index contributed by atoms with van der Waals surface area (Å²) in [7, 11) is 1.81. The lowest BCUT2D eigenvalue weighted by atomic mass is 9.95. The Labute approximate surface area is 136 Å². The maximum Gasteiger partial charge on any atom is 0.229 e. The van der Waals surface area contributed by atoms with E-state index in [9.17, 15) is 4.79 Å². The molecular weight excluding hydrogens is 292 g/mol. The smallest absolute Gasteiger partial charge is 0.229 e. The highest BCUT2D eigenvalue weighted by molar-refractivity contribution is 5.79. The fourth-order valence-corrected chi connectivity index (χ4v) is 2.92. The minimum Gasteiger partial charge on any atom is -0.492 e. The van der Waals surface area contributed by atoms with Crippen molar-refractivity contribution in [3.8, 4) is 5.75 Å². The second-order valence-electron chi connectivity index (χ2n) is 5.95. The highest BCUT2D eigenvalue weighted by atomic mass is 16.5. The molecule has 1 atom stereocenters. The number of aryl methyl sites for hydroxylation is 1. The van der Waals surface area contributed by atoms with Crippen molar-refractivity contribution in [3.05, 3.63) is 42.0 Å². The molecule has 0 saturated carbocycles. The van der Waals surface area contributed by atoms with E-state index in [-0.39, 0.29) is 11.8 Å². The first kappa shape index (κ1) is 15.5. The first-order valence-electron chi connectivity index (χ1n) is 8.01. The molecule has 122 valence electrons. The number of rotatable bonds is 5. The molecule has 6 nitrogen and oxygen atoms in total. The molecule has 0 unspecified atom stereocenters. The Hall–Kier alpha value is -2.37. The Morgan fingerprint density at radius 2 is 2.26 bits per heavy atom. The van der Waals surface area contributed by atoms with E-state index in [1.54, 1.807) is 11.2 Å². The van der Waals surface area contributed by atoms with Crippen LogP contribution in [0.2, 0.25) is 0 Å². The van der Waals surface area contributed by atoms with E-state index in [0.29, 0.717) is 13.2 Å². The first-order valence-corrected chi connectivity index (χ1v) is 8.01. The number of amides is 1. The van der Waals surface area contributed by atoms with Crippen LogP contribution in [0.3, 0.4) is 0 Å². The van der Waals surface area contributed by atoms with Gasteiger partial charge in [-0.25, -0.2) is 0 Å². The van der Waals surface area contributed by atoms with Gasteiger partial charge in [0.25, 0.3) is 0 Å². The minimum atomic E-state index is -0.141. The third kappa shape index (κ3) is 3.36. The van der Waals surface area contributed by atoms with E-state index in [2.05, 4.69) is 17.1 Å². The summed E-state index contributed by atoms with van der Waals surface area (Å²) in [6.45, 7) is 3.87. The van der Waals surface area contributed by atoms with Gasteiger partial charge in [0.2, 0.25) is 5.91 Å². The Morgan fingerprint density at radius 1 is 1.43 bits per heavy atom. The average molecular weight is 314 g/mol. The number of benzene rings is 1. The highest BCUT2D eigenvalue weighted by Gasteiger charge is 2.28. The third-order valence-electron chi connectivity index (χ3n) is 4.14. The lowest BCUT2D eigenvalue weighted by Gasteiger charge is -2.28. The van der Waals surface area contributed by atoms with Gasteiger partial charge in [0.1, 0.15) is 18.7 Å². The number of carbonyl (C=O) groups is 1. The van der Waals surface area contributed by atoms with Crippen LogP contribution in [0.1, 0.15) is 24.7 Å². The SMILES string of the molecule is CCCn1cnnc1CN(C)C(=O)[C@H]1COc2ccccc2C1. The first-order chi connectivity index (χ1) is 11.2. The molecule has 6 heteroatoms. The normalized spacial score (nSPS) is 16.5. The van der Waals surface area contributed by atoms with Gasteiger partial charge in [-0.05, 0) is 24.5 Å². The molecule has 0 saturated heterocycles. The van der Waals surface area contributed by atoms with Crippen molar-refractivity contribution in [2.24, 2.45) is 5.92 Å². The van der Waals surface area contributed by atoms with E-state index >= 15 is 0 Å². The predicted molar refractivity (Wildman–Crippen MR) is 85.9 cm³/mol. The minimum absolute atomic E-state index is 0.0885. The second kappa shape index (κ2) is 6.81. The number of hydrogen-bond acceptors (Lipinski definition) is 4. The summed E-state index contributed by atoms with van der Waals surface area (Å²) in [4.78, 5) is 14.4. The van der Waals surface area contributed by atoms with Crippen molar-refractivity contribution >= 4 is 5.91 Å². The van der Waals surface area contributed by atoms with Gasteiger partial charge in [-0.3, -0.25) is 4.79 Å². The molecule has 1 amide bonds. The number of ether oxygens (including phenoxy) is 1. The van der Waals surface area contributed by atoms with Crippen molar-refractivity contribution in [1.82, 2.24) is 19.7 Å². The van der Waals surface area contributed by atoms with Gasteiger partial charge >= 0.3 is 0 Å². The maximum absolute atomic E-state index is 12.7. The standard InChI is InChI=1S/C17H22N4O2/c1-3-8-21-12-18-19-16(21)10-20(2)17(22)14-9-13-6-4-5-7-15(13)23-11-14/h4-7,12,14H,3,8-11H2,1-2H3/t14-/m1/s1. The van der Waals surface area contributed by atoms with E-state index in [1.165, 1.54) is 0 Å². The molecule has 0 spiro atoms. The molecule has 0 radical (unpaired) electrons. The summed E-state index contributed by atoms with van der Waals surface area (Å²) in [5, 5.41) is 8.07. The fraction of sp³-hybridized carbons (Fsp3) is 0.471. The van der Waals surface area contributed by atoms with Crippen LogP contribution >= 0.6 is 0 Å². The van der Waals surface area contributed by atoms with Gasteiger partial charge in [0.15, 0.2) is 5.82 Å². The molecule has 1 aromatic heterocycles. The Kier molecular flexibility index (Phi) is 4.60. The second-order valence-corrected chi connectivity index (χ2v) is 5.95. The number of nitrogens with zero attached hydrogens (tertiary/aromatic N) is 4. The molecule has 1 aromatic carbocycles. The Morgan fingerprint density at radius 3 is 3.09 bits per heavy atom. The topological polar surface area (TPSA) is 60.2 Å². The lowest BCUT2D eigenvalue weighted by molar-refractivity contribution is -0.136. The van der Waals surface area contributed by atoms with Gasteiger partial charge in [-0.2, -0.15) is 0 Å². The molecule has 0 aliphatic carbocycles. The van der Waals surface area contributed by atoms with E-state index < -0.39 is 0 Å². The summed E-state index contributed by atoms with van der Waals surface area (Å²) in [5.74, 6) is 1.66. The summed E-state index contributed by atoms with van der Waals surface area (Å²) in [6.07, 6.45) is 3.45. The van der Waals surface area contributed by atoms with Crippen molar-refractivity contribution in [3.63, 3.8) is 0 Å². The quantitative estimate of drug-likeness (QED) is 0.846. The zero-order chi connectivity index (χ0) is 16.2. The van der Waals surface area contributed by atoms with Crippen LogP contribution in [-0.4, -0.2) is 39.2 Å². The number of fused-ring (bicyclic) bond motifs is 1. The number of carbonyl (C=O) groups excluding carboxylic acids is 1. The molecule has 2 heterocycles. The van der Waals surface area contributed by atoms with Crippen molar-refractivity contribution in [1.29, 1.82) is 0 Å². The lowest BCUT2D eigenvalue weighted by Crippen LogP contribution is -2.38. The van der Waals surface area contributed by atoms with E-state index in [1.807, 2.05) is 35.9 Å². The molecule has 0 bridgehead atoms. The molecule has 2 aromatic rings. The zero-order valence-corrected chi connectivity index (χ0v) is 13.6. The van der Waals surface area contributed by atoms with Crippen LogP contribution in [0.25, 0.3) is 0 Å². The van der Waals surface area contributed by atoms with Crippen LogP contribution in [0.4, 0.5) is 0 Å². The van der Waals surface area contributed by atoms with Crippen LogP contribution in [-0.2, 0) is 24.3 Å². The highest BCUT2D eigenvalue weighted by Crippen LogP contribution is 2.27. The van der Waals surface area contributed by atoms with Crippen molar-refractivity contribution in [2.45, 2.75) is 32.9 Å². The maximum atomic E-state index is 12.7. The van der Waals surface area contributed by atoms with Crippen LogP contribution in [0.5, 0.6) is 5.75 Å². The van der Waals surface area contributed by atoms with Crippen LogP contribution in [0.15, 0.2) is 30.6 Å². The summed E-state index contributed by atoms with van der Waals surface area (Å²) < 4.78 is 7.72.